The van der Waals surface area contributed by atoms with Gasteiger partial charge in [-0.1, -0.05) is 42.5 Å². The molecule has 0 bridgehead atoms. The largest absolute Gasteiger partial charge is 0.482 e. The number of rotatable bonds is 7. The van der Waals surface area contributed by atoms with Crippen molar-refractivity contribution >= 4 is 11.9 Å². The van der Waals surface area contributed by atoms with E-state index in [-0.39, 0.29) is 17.9 Å². The molecule has 0 saturated heterocycles. The van der Waals surface area contributed by atoms with Crippen molar-refractivity contribution < 1.29 is 19.4 Å². The highest BCUT2D eigenvalue weighted by molar-refractivity contribution is 5.91. The van der Waals surface area contributed by atoms with Gasteiger partial charge in [-0.3, -0.25) is 4.79 Å². The molecular weight excluding hydrogens is 318 g/mol. The molecule has 5 heteroatoms. The maximum Gasteiger partial charge on any atom is 0.341 e. The van der Waals surface area contributed by atoms with E-state index in [4.69, 9.17) is 9.84 Å². The van der Waals surface area contributed by atoms with Crippen LogP contribution in [0.3, 0.4) is 0 Å². The molecular formula is C20H21NO4. The normalized spacial score (nSPS) is 14.6. The van der Waals surface area contributed by atoms with Crippen molar-refractivity contribution in [3.8, 4) is 5.75 Å². The standard InChI is InChI=1S/C20H21NO4/c1-21(13-15-7-9-17(10-8-15)25-14-18(22)23)19(24)20(11-12-20)16-5-3-2-4-6-16/h2-10H,11-14H2,1H3,(H,22,23). The number of carbonyl (C=O) groups excluding carboxylic acids is 1. The van der Waals surface area contributed by atoms with Gasteiger partial charge in [-0.25, -0.2) is 4.79 Å². The molecule has 1 aliphatic carbocycles. The fraction of sp³-hybridized carbons (Fsp3) is 0.300. The van der Waals surface area contributed by atoms with E-state index >= 15 is 0 Å². The summed E-state index contributed by atoms with van der Waals surface area (Å²) in [7, 11) is 1.82. The molecule has 0 radical (unpaired) electrons. The van der Waals surface area contributed by atoms with Gasteiger partial charge in [0.25, 0.3) is 0 Å². The van der Waals surface area contributed by atoms with Crippen LogP contribution in [0.25, 0.3) is 0 Å². The zero-order valence-corrected chi connectivity index (χ0v) is 14.1. The number of aliphatic carboxylic acids is 1. The first-order chi connectivity index (χ1) is 12.0. The zero-order valence-electron chi connectivity index (χ0n) is 14.1. The maximum absolute atomic E-state index is 12.9. The van der Waals surface area contributed by atoms with Crippen LogP contribution in [0.4, 0.5) is 0 Å². The Labute approximate surface area is 146 Å². The molecule has 0 heterocycles. The molecule has 1 saturated carbocycles. The first-order valence-electron chi connectivity index (χ1n) is 8.26. The fourth-order valence-electron chi connectivity index (χ4n) is 3.06. The quantitative estimate of drug-likeness (QED) is 0.842. The predicted octanol–water partition coefficient (Wildman–Crippen LogP) is 2.84. The third kappa shape index (κ3) is 3.82. The smallest absolute Gasteiger partial charge is 0.341 e. The second-order valence-electron chi connectivity index (χ2n) is 6.44. The van der Waals surface area contributed by atoms with Crippen LogP contribution in [0.15, 0.2) is 54.6 Å². The number of benzene rings is 2. The lowest BCUT2D eigenvalue weighted by molar-refractivity contribution is -0.139. The van der Waals surface area contributed by atoms with E-state index in [0.29, 0.717) is 12.3 Å². The van der Waals surface area contributed by atoms with Crippen molar-refractivity contribution in [3.05, 3.63) is 65.7 Å². The molecule has 3 rings (SSSR count). The summed E-state index contributed by atoms with van der Waals surface area (Å²) in [4.78, 5) is 25.2. The predicted molar refractivity (Wildman–Crippen MR) is 93.4 cm³/mol. The monoisotopic (exact) mass is 339 g/mol. The van der Waals surface area contributed by atoms with Crippen molar-refractivity contribution in [2.45, 2.75) is 24.8 Å². The highest BCUT2D eigenvalue weighted by atomic mass is 16.5. The lowest BCUT2D eigenvalue weighted by Crippen LogP contribution is -2.36. The minimum Gasteiger partial charge on any atom is -0.482 e. The van der Waals surface area contributed by atoms with Crippen LogP contribution < -0.4 is 4.74 Å². The first-order valence-corrected chi connectivity index (χ1v) is 8.26. The molecule has 2 aromatic carbocycles. The molecule has 1 aliphatic rings. The molecule has 2 aromatic rings. The SMILES string of the molecule is CN(Cc1ccc(OCC(=O)O)cc1)C(=O)C1(c2ccccc2)CC1. The first kappa shape index (κ1) is 17.0. The average Bonchev–Trinajstić information content (AvgIpc) is 3.43. The zero-order chi connectivity index (χ0) is 17.9. The van der Waals surface area contributed by atoms with Gasteiger partial charge in [-0.05, 0) is 36.1 Å². The van der Waals surface area contributed by atoms with Crippen LogP contribution in [-0.4, -0.2) is 35.5 Å². The van der Waals surface area contributed by atoms with Crippen molar-refractivity contribution in [2.75, 3.05) is 13.7 Å². The minimum atomic E-state index is -1.01. The van der Waals surface area contributed by atoms with Gasteiger partial charge < -0.3 is 14.7 Å². The highest BCUT2D eigenvalue weighted by Gasteiger charge is 2.52. The number of likely N-dealkylation sites (N-methyl/N-ethyl adjacent to an activating group) is 1. The van der Waals surface area contributed by atoms with Gasteiger partial charge in [0, 0.05) is 13.6 Å². The molecule has 5 nitrogen and oxygen atoms in total. The maximum atomic E-state index is 12.9. The molecule has 1 fully saturated rings. The second-order valence-corrected chi connectivity index (χ2v) is 6.44. The van der Waals surface area contributed by atoms with Crippen LogP contribution in [0.5, 0.6) is 5.75 Å². The number of hydrogen-bond acceptors (Lipinski definition) is 3. The Morgan fingerprint density at radius 3 is 2.28 bits per heavy atom. The van der Waals surface area contributed by atoms with Gasteiger partial charge in [-0.15, -0.1) is 0 Å². The molecule has 0 spiro atoms. The molecule has 0 aromatic heterocycles. The third-order valence-electron chi connectivity index (χ3n) is 4.54. The summed E-state index contributed by atoms with van der Waals surface area (Å²) >= 11 is 0. The van der Waals surface area contributed by atoms with Crippen LogP contribution in [-0.2, 0) is 21.5 Å². The van der Waals surface area contributed by atoms with E-state index < -0.39 is 5.97 Å². The van der Waals surface area contributed by atoms with Gasteiger partial charge >= 0.3 is 5.97 Å². The molecule has 0 unspecified atom stereocenters. The van der Waals surface area contributed by atoms with Crippen LogP contribution in [0.2, 0.25) is 0 Å². The number of amides is 1. The Balaban J connectivity index is 1.63. The van der Waals surface area contributed by atoms with E-state index in [9.17, 15) is 9.59 Å². The number of carbonyl (C=O) groups is 2. The minimum absolute atomic E-state index is 0.143. The van der Waals surface area contributed by atoms with Crippen LogP contribution in [0, 0.1) is 0 Å². The lowest BCUT2D eigenvalue weighted by Gasteiger charge is -2.24. The Morgan fingerprint density at radius 2 is 1.72 bits per heavy atom. The average molecular weight is 339 g/mol. The summed E-state index contributed by atoms with van der Waals surface area (Å²) in [6.45, 7) is 0.143. The van der Waals surface area contributed by atoms with E-state index in [1.54, 1.807) is 17.0 Å². The topological polar surface area (TPSA) is 66.8 Å². The molecule has 25 heavy (non-hydrogen) atoms. The van der Waals surface area contributed by atoms with Crippen molar-refractivity contribution in [1.82, 2.24) is 4.90 Å². The van der Waals surface area contributed by atoms with E-state index in [1.165, 1.54) is 0 Å². The van der Waals surface area contributed by atoms with Crippen LogP contribution in [0.1, 0.15) is 24.0 Å². The Kier molecular flexibility index (Phi) is 4.74. The Hall–Kier alpha value is -2.82. The van der Waals surface area contributed by atoms with E-state index in [2.05, 4.69) is 0 Å². The summed E-state index contributed by atoms with van der Waals surface area (Å²) in [5, 5.41) is 8.62. The van der Waals surface area contributed by atoms with Gasteiger partial charge in [0.15, 0.2) is 6.61 Å². The Bertz CT molecular complexity index is 751. The summed E-state index contributed by atoms with van der Waals surface area (Å²) in [6.07, 6.45) is 1.78. The van der Waals surface area contributed by atoms with Crippen molar-refractivity contribution in [1.29, 1.82) is 0 Å². The number of nitrogens with zero attached hydrogens (tertiary/aromatic N) is 1. The summed E-state index contributed by atoms with van der Waals surface area (Å²) in [5.74, 6) is -0.363. The van der Waals surface area contributed by atoms with Crippen molar-refractivity contribution in [3.63, 3.8) is 0 Å². The summed E-state index contributed by atoms with van der Waals surface area (Å²) in [5.41, 5.74) is 1.70. The van der Waals surface area contributed by atoms with Gasteiger partial charge in [0.1, 0.15) is 5.75 Å². The second kappa shape index (κ2) is 6.97. The molecule has 1 amide bonds. The number of carboxylic acid groups (broad SMARTS) is 1. The molecule has 0 atom stereocenters. The van der Waals surface area contributed by atoms with Gasteiger partial charge in [0.2, 0.25) is 5.91 Å². The number of carboxylic acids is 1. The van der Waals surface area contributed by atoms with Crippen molar-refractivity contribution in [2.24, 2.45) is 0 Å². The number of hydrogen-bond donors (Lipinski definition) is 1. The summed E-state index contributed by atoms with van der Waals surface area (Å²) in [6, 6.07) is 17.1. The third-order valence-corrected chi connectivity index (χ3v) is 4.54. The Morgan fingerprint density at radius 1 is 1.08 bits per heavy atom. The van der Waals surface area contributed by atoms with Gasteiger partial charge in [-0.2, -0.15) is 0 Å². The van der Waals surface area contributed by atoms with E-state index in [1.807, 2.05) is 49.5 Å². The lowest BCUT2D eigenvalue weighted by atomic mass is 9.94. The molecule has 1 N–H and O–H groups in total. The van der Waals surface area contributed by atoms with Crippen LogP contribution >= 0.6 is 0 Å². The molecule has 0 aliphatic heterocycles. The fourth-order valence-corrected chi connectivity index (χ4v) is 3.06. The number of ether oxygens (including phenoxy) is 1. The van der Waals surface area contributed by atoms with E-state index in [0.717, 1.165) is 24.0 Å². The highest BCUT2D eigenvalue weighted by Crippen LogP contribution is 2.49. The molecule has 130 valence electrons. The summed E-state index contributed by atoms with van der Waals surface area (Å²) < 4.78 is 5.12. The van der Waals surface area contributed by atoms with Gasteiger partial charge in [0.05, 0.1) is 5.41 Å².